The molecule has 0 unspecified atom stereocenters. The Morgan fingerprint density at radius 2 is 1.96 bits per heavy atom. The van der Waals surface area contributed by atoms with Gasteiger partial charge in [0, 0.05) is 30.0 Å². The van der Waals surface area contributed by atoms with Gasteiger partial charge in [-0.2, -0.15) is 0 Å². The second kappa shape index (κ2) is 7.05. The monoisotopic (exact) mass is 353 g/mol. The maximum atomic E-state index is 12.6. The van der Waals surface area contributed by atoms with Gasteiger partial charge in [0.1, 0.15) is 5.75 Å². The molecule has 2 aromatic carbocycles. The van der Waals surface area contributed by atoms with E-state index in [9.17, 15) is 9.59 Å². The highest BCUT2D eigenvalue weighted by molar-refractivity contribution is 6.06. The summed E-state index contributed by atoms with van der Waals surface area (Å²) in [4.78, 5) is 26.2. The molecule has 2 amide bonds. The minimum Gasteiger partial charge on any atom is -0.482 e. The van der Waals surface area contributed by atoms with E-state index < -0.39 is 0 Å². The Labute approximate surface area is 150 Å². The second-order valence-corrected chi connectivity index (χ2v) is 6.15. The molecule has 0 radical (unpaired) electrons. The first kappa shape index (κ1) is 16.4. The zero-order valence-electron chi connectivity index (χ0n) is 14.2. The molecule has 1 saturated heterocycles. The van der Waals surface area contributed by atoms with Crippen LogP contribution in [-0.2, 0) is 9.53 Å². The Kier molecular flexibility index (Phi) is 4.45. The average Bonchev–Trinajstić information content (AvgIpc) is 2.68. The molecule has 0 aliphatic carbocycles. The molecule has 1 fully saturated rings. The van der Waals surface area contributed by atoms with E-state index in [2.05, 4.69) is 15.5 Å². The predicted octanol–water partition coefficient (Wildman–Crippen LogP) is 2.11. The molecule has 0 spiro atoms. The van der Waals surface area contributed by atoms with Gasteiger partial charge in [0.05, 0.1) is 18.9 Å². The summed E-state index contributed by atoms with van der Waals surface area (Å²) in [6, 6.07) is 12.7. The summed E-state index contributed by atoms with van der Waals surface area (Å²) in [5, 5.41) is 5.61. The van der Waals surface area contributed by atoms with E-state index in [1.807, 2.05) is 24.3 Å². The highest BCUT2D eigenvalue weighted by atomic mass is 16.5. The van der Waals surface area contributed by atoms with Gasteiger partial charge < -0.3 is 25.0 Å². The van der Waals surface area contributed by atoms with E-state index in [0.717, 1.165) is 24.5 Å². The van der Waals surface area contributed by atoms with E-state index in [0.29, 0.717) is 30.2 Å². The molecule has 0 atom stereocenters. The van der Waals surface area contributed by atoms with Crippen molar-refractivity contribution in [3.63, 3.8) is 0 Å². The maximum absolute atomic E-state index is 12.6. The van der Waals surface area contributed by atoms with Crippen LogP contribution in [0.2, 0.25) is 0 Å². The molecule has 0 saturated carbocycles. The molecule has 2 aromatic rings. The third-order valence-corrected chi connectivity index (χ3v) is 4.35. The van der Waals surface area contributed by atoms with Gasteiger partial charge in [-0.3, -0.25) is 9.59 Å². The van der Waals surface area contributed by atoms with Crippen molar-refractivity contribution in [1.82, 2.24) is 0 Å². The summed E-state index contributed by atoms with van der Waals surface area (Å²) in [6.45, 7) is 3.08. The summed E-state index contributed by atoms with van der Waals surface area (Å²) in [6.07, 6.45) is 0. The minimum absolute atomic E-state index is 0.00707. The smallest absolute Gasteiger partial charge is 0.262 e. The number of anilines is 3. The van der Waals surface area contributed by atoms with Crippen LogP contribution in [0.4, 0.5) is 17.1 Å². The molecule has 2 heterocycles. The Balaban J connectivity index is 1.49. The van der Waals surface area contributed by atoms with Crippen LogP contribution in [-0.4, -0.2) is 44.7 Å². The molecular formula is C19H19N3O4. The summed E-state index contributed by atoms with van der Waals surface area (Å²) in [5.41, 5.74) is 2.73. The Hall–Kier alpha value is -3.06. The Morgan fingerprint density at radius 1 is 1.12 bits per heavy atom. The lowest BCUT2D eigenvalue weighted by molar-refractivity contribution is -0.118. The number of hydrogen-bond donors (Lipinski definition) is 2. The molecule has 2 aliphatic heterocycles. The van der Waals surface area contributed by atoms with Crippen LogP contribution in [0, 0.1) is 0 Å². The quantitative estimate of drug-likeness (QED) is 0.883. The first-order valence-electron chi connectivity index (χ1n) is 8.50. The fraction of sp³-hybridized carbons (Fsp3) is 0.263. The first-order valence-corrected chi connectivity index (χ1v) is 8.50. The number of ether oxygens (including phenoxy) is 2. The van der Waals surface area contributed by atoms with E-state index in [1.54, 1.807) is 18.2 Å². The zero-order chi connectivity index (χ0) is 17.9. The van der Waals surface area contributed by atoms with Crippen molar-refractivity contribution < 1.29 is 19.1 Å². The summed E-state index contributed by atoms with van der Waals surface area (Å²) in [5.74, 6) is 0.0930. The van der Waals surface area contributed by atoms with Gasteiger partial charge in [-0.25, -0.2) is 0 Å². The van der Waals surface area contributed by atoms with E-state index >= 15 is 0 Å². The predicted molar refractivity (Wildman–Crippen MR) is 98.0 cm³/mol. The fourth-order valence-electron chi connectivity index (χ4n) is 3.03. The maximum Gasteiger partial charge on any atom is 0.262 e. The summed E-state index contributed by atoms with van der Waals surface area (Å²) >= 11 is 0. The fourth-order valence-corrected chi connectivity index (χ4v) is 3.03. The van der Waals surface area contributed by atoms with Crippen LogP contribution in [0.5, 0.6) is 5.75 Å². The van der Waals surface area contributed by atoms with Gasteiger partial charge >= 0.3 is 0 Å². The third-order valence-electron chi connectivity index (χ3n) is 4.35. The normalized spacial score (nSPS) is 16.3. The second-order valence-electron chi connectivity index (χ2n) is 6.15. The number of rotatable bonds is 3. The third kappa shape index (κ3) is 3.48. The minimum atomic E-state index is -0.244. The molecule has 26 heavy (non-hydrogen) atoms. The van der Waals surface area contributed by atoms with Crippen molar-refractivity contribution in [2.75, 3.05) is 48.4 Å². The highest BCUT2D eigenvalue weighted by Gasteiger charge is 2.18. The molecule has 134 valence electrons. The van der Waals surface area contributed by atoms with Crippen LogP contribution in [0.15, 0.2) is 42.5 Å². The van der Waals surface area contributed by atoms with E-state index in [1.165, 1.54) is 0 Å². The molecule has 4 rings (SSSR count). The van der Waals surface area contributed by atoms with Crippen molar-refractivity contribution in [3.05, 3.63) is 48.0 Å². The lowest BCUT2D eigenvalue weighted by atomic mass is 10.1. The number of nitrogens with zero attached hydrogens (tertiary/aromatic N) is 1. The van der Waals surface area contributed by atoms with Crippen LogP contribution in [0.1, 0.15) is 10.4 Å². The molecule has 7 nitrogen and oxygen atoms in total. The molecule has 0 aromatic heterocycles. The van der Waals surface area contributed by atoms with Crippen LogP contribution in [0.3, 0.4) is 0 Å². The average molecular weight is 353 g/mol. The zero-order valence-corrected chi connectivity index (χ0v) is 14.2. The van der Waals surface area contributed by atoms with Crippen molar-refractivity contribution in [1.29, 1.82) is 0 Å². The molecule has 0 bridgehead atoms. The summed E-state index contributed by atoms with van der Waals surface area (Å²) < 4.78 is 10.7. The van der Waals surface area contributed by atoms with Crippen LogP contribution < -0.4 is 20.3 Å². The Morgan fingerprint density at radius 3 is 2.81 bits per heavy atom. The van der Waals surface area contributed by atoms with Crippen molar-refractivity contribution in [3.8, 4) is 5.75 Å². The van der Waals surface area contributed by atoms with Crippen molar-refractivity contribution in [2.45, 2.75) is 0 Å². The van der Waals surface area contributed by atoms with Gasteiger partial charge in [0.25, 0.3) is 11.8 Å². The van der Waals surface area contributed by atoms with E-state index in [4.69, 9.17) is 9.47 Å². The number of morpholine rings is 1. The standard InChI is InChI=1S/C19H19N3O4/c23-18-12-26-17-5-4-13(10-16(17)21-18)19(24)20-14-2-1-3-15(11-14)22-6-8-25-9-7-22/h1-5,10-11H,6-9,12H2,(H,20,24)(H,21,23). The van der Waals surface area contributed by atoms with Gasteiger partial charge in [-0.05, 0) is 36.4 Å². The summed E-state index contributed by atoms with van der Waals surface area (Å²) in [7, 11) is 0. The molecule has 7 heteroatoms. The number of amides is 2. The van der Waals surface area contributed by atoms with Gasteiger partial charge in [-0.15, -0.1) is 0 Å². The van der Waals surface area contributed by atoms with Crippen molar-refractivity contribution in [2.24, 2.45) is 0 Å². The number of fused-ring (bicyclic) bond motifs is 1. The van der Waals surface area contributed by atoms with Crippen LogP contribution >= 0.6 is 0 Å². The number of carbonyl (C=O) groups is 2. The first-order chi connectivity index (χ1) is 12.7. The molecule has 2 aliphatic rings. The van der Waals surface area contributed by atoms with Gasteiger partial charge in [-0.1, -0.05) is 6.07 Å². The largest absolute Gasteiger partial charge is 0.482 e. The van der Waals surface area contributed by atoms with Gasteiger partial charge in [0.15, 0.2) is 6.61 Å². The number of hydrogen-bond acceptors (Lipinski definition) is 5. The number of nitrogens with one attached hydrogen (secondary N) is 2. The molecule has 2 N–H and O–H groups in total. The number of carbonyl (C=O) groups excluding carboxylic acids is 2. The Bertz CT molecular complexity index is 846. The SMILES string of the molecule is O=C1COc2ccc(C(=O)Nc3cccc(N4CCOCC4)c3)cc2N1. The topological polar surface area (TPSA) is 79.9 Å². The highest BCUT2D eigenvalue weighted by Crippen LogP contribution is 2.29. The lowest BCUT2D eigenvalue weighted by Gasteiger charge is -2.29. The van der Waals surface area contributed by atoms with Crippen molar-refractivity contribution >= 4 is 28.9 Å². The van der Waals surface area contributed by atoms with Crippen LogP contribution in [0.25, 0.3) is 0 Å². The molecular weight excluding hydrogens is 334 g/mol. The van der Waals surface area contributed by atoms with E-state index in [-0.39, 0.29) is 18.4 Å². The lowest BCUT2D eigenvalue weighted by Crippen LogP contribution is -2.36. The van der Waals surface area contributed by atoms with Gasteiger partial charge in [0.2, 0.25) is 0 Å². The number of benzene rings is 2.